The van der Waals surface area contributed by atoms with Crippen molar-refractivity contribution in [3.05, 3.63) is 18.2 Å². The smallest absolute Gasteiger partial charge is 0.298 e. The van der Waals surface area contributed by atoms with E-state index in [1.54, 1.807) is 0 Å². The summed E-state index contributed by atoms with van der Waals surface area (Å²) in [7, 11) is 0. The van der Waals surface area contributed by atoms with Gasteiger partial charge in [0, 0.05) is 13.1 Å². The highest BCUT2D eigenvalue weighted by Gasteiger charge is 2.16. The second-order valence-corrected chi connectivity index (χ2v) is 4.95. The normalized spacial score (nSPS) is 17.7. The molecule has 0 spiro atoms. The summed E-state index contributed by atoms with van der Waals surface area (Å²) in [5.74, 6) is 0. The van der Waals surface area contributed by atoms with Crippen LogP contribution in [0, 0.1) is 0 Å². The van der Waals surface area contributed by atoms with Gasteiger partial charge in [-0.15, -0.1) is 0 Å². The Kier molecular flexibility index (Phi) is 3.09. The molecule has 2 heterocycles. The van der Waals surface area contributed by atoms with Gasteiger partial charge < -0.3 is 15.1 Å². The van der Waals surface area contributed by atoms with E-state index in [9.17, 15) is 0 Å². The van der Waals surface area contributed by atoms with Crippen LogP contribution in [-0.2, 0) is 0 Å². The first-order valence-electron chi connectivity index (χ1n) is 6.74. The van der Waals surface area contributed by atoms with Crippen LogP contribution in [0.25, 0.3) is 11.1 Å². The summed E-state index contributed by atoms with van der Waals surface area (Å²) >= 11 is 0. The third-order valence-corrected chi connectivity index (χ3v) is 3.57. The number of benzene rings is 1. The molecule has 1 aromatic carbocycles. The molecule has 4 nitrogen and oxygen atoms in total. The fraction of sp³-hybridized carbons (Fsp3) is 0.500. The molecule has 2 aromatic rings. The fourth-order valence-electron chi connectivity index (χ4n) is 2.53. The Morgan fingerprint density at radius 1 is 1.06 bits per heavy atom. The van der Waals surface area contributed by atoms with Gasteiger partial charge in [-0.3, -0.25) is 0 Å². The summed E-state index contributed by atoms with van der Waals surface area (Å²) < 4.78 is 5.82. The van der Waals surface area contributed by atoms with Gasteiger partial charge in [-0.05, 0) is 25.0 Å². The minimum atomic E-state index is 0.689. The topological polar surface area (TPSA) is 55.3 Å². The van der Waals surface area contributed by atoms with Crippen LogP contribution in [0.5, 0.6) is 0 Å². The molecule has 1 fully saturated rings. The Bertz CT molecular complexity index is 527. The maximum absolute atomic E-state index is 5.91. The van der Waals surface area contributed by atoms with Gasteiger partial charge in [-0.1, -0.05) is 25.3 Å². The number of nitrogens with zero attached hydrogens (tertiary/aromatic N) is 2. The first kappa shape index (κ1) is 11.4. The molecule has 18 heavy (non-hydrogen) atoms. The molecule has 1 aromatic heterocycles. The monoisotopic (exact) mass is 245 g/mol. The molecule has 1 saturated heterocycles. The van der Waals surface area contributed by atoms with Crippen molar-refractivity contribution in [1.29, 1.82) is 0 Å². The number of para-hydroxylation sites is 1. The van der Waals surface area contributed by atoms with Crippen LogP contribution < -0.4 is 10.6 Å². The third-order valence-electron chi connectivity index (χ3n) is 3.57. The average molecular weight is 245 g/mol. The molecule has 0 unspecified atom stereocenters. The predicted octanol–water partition coefficient (Wildman–Crippen LogP) is 3.18. The van der Waals surface area contributed by atoms with Crippen LogP contribution in [0.2, 0.25) is 0 Å². The summed E-state index contributed by atoms with van der Waals surface area (Å²) in [6, 6.07) is 6.42. The third kappa shape index (κ3) is 2.15. The van der Waals surface area contributed by atoms with Crippen molar-refractivity contribution in [2.75, 3.05) is 23.7 Å². The van der Waals surface area contributed by atoms with Gasteiger partial charge in [0.1, 0.15) is 5.52 Å². The molecule has 4 heteroatoms. The Morgan fingerprint density at radius 3 is 2.50 bits per heavy atom. The van der Waals surface area contributed by atoms with Crippen molar-refractivity contribution >= 4 is 22.8 Å². The quantitative estimate of drug-likeness (QED) is 0.784. The highest BCUT2D eigenvalue weighted by atomic mass is 16.4. The van der Waals surface area contributed by atoms with E-state index in [0.717, 1.165) is 30.2 Å². The van der Waals surface area contributed by atoms with Gasteiger partial charge in [0.2, 0.25) is 0 Å². The number of nitrogens with two attached hydrogens (primary N) is 1. The van der Waals surface area contributed by atoms with Gasteiger partial charge in [0.05, 0.1) is 5.69 Å². The molecule has 0 saturated carbocycles. The van der Waals surface area contributed by atoms with E-state index >= 15 is 0 Å². The van der Waals surface area contributed by atoms with Crippen LogP contribution in [0.3, 0.4) is 0 Å². The lowest BCUT2D eigenvalue weighted by molar-refractivity contribution is 0.508. The molecule has 2 N–H and O–H groups in total. The number of anilines is 2. The second-order valence-electron chi connectivity index (χ2n) is 4.95. The average Bonchev–Trinajstić information content (AvgIpc) is 2.73. The van der Waals surface area contributed by atoms with Crippen molar-refractivity contribution < 1.29 is 4.42 Å². The van der Waals surface area contributed by atoms with Crippen LogP contribution in [0.4, 0.5) is 11.7 Å². The number of oxazole rings is 1. The summed E-state index contributed by atoms with van der Waals surface area (Å²) in [4.78, 5) is 6.79. The molecule has 0 atom stereocenters. The molecule has 1 aliphatic rings. The van der Waals surface area contributed by atoms with Crippen molar-refractivity contribution in [2.24, 2.45) is 0 Å². The summed E-state index contributed by atoms with van der Waals surface area (Å²) in [6.07, 6.45) is 6.40. The summed E-state index contributed by atoms with van der Waals surface area (Å²) in [5, 5.41) is 0. The van der Waals surface area contributed by atoms with Gasteiger partial charge in [0.15, 0.2) is 5.58 Å². The van der Waals surface area contributed by atoms with Crippen molar-refractivity contribution in [1.82, 2.24) is 4.98 Å². The molecule has 1 aliphatic heterocycles. The zero-order valence-electron chi connectivity index (χ0n) is 10.6. The van der Waals surface area contributed by atoms with Crippen LogP contribution in [0.1, 0.15) is 32.1 Å². The zero-order chi connectivity index (χ0) is 12.4. The van der Waals surface area contributed by atoms with Gasteiger partial charge in [-0.25, -0.2) is 0 Å². The molecular weight excluding hydrogens is 226 g/mol. The molecule has 0 radical (unpaired) electrons. The largest absolute Gasteiger partial charge is 0.423 e. The summed E-state index contributed by atoms with van der Waals surface area (Å²) in [5.41, 5.74) is 8.17. The predicted molar refractivity (Wildman–Crippen MR) is 73.7 cm³/mol. The van der Waals surface area contributed by atoms with Crippen LogP contribution in [0.15, 0.2) is 22.6 Å². The van der Waals surface area contributed by atoms with Gasteiger partial charge in [-0.2, -0.15) is 4.98 Å². The lowest BCUT2D eigenvalue weighted by Gasteiger charge is -2.22. The highest BCUT2D eigenvalue weighted by molar-refractivity contribution is 5.86. The van der Waals surface area contributed by atoms with E-state index in [1.807, 2.05) is 18.2 Å². The van der Waals surface area contributed by atoms with E-state index in [-0.39, 0.29) is 0 Å². The number of nitrogen functional groups attached to an aromatic ring is 1. The van der Waals surface area contributed by atoms with Gasteiger partial charge >= 0.3 is 0 Å². The molecule has 0 aliphatic carbocycles. The minimum Gasteiger partial charge on any atom is -0.423 e. The number of aromatic nitrogens is 1. The maximum Gasteiger partial charge on any atom is 0.298 e. The number of hydrogen-bond donors (Lipinski definition) is 1. The molecule has 3 rings (SSSR count). The number of fused-ring (bicyclic) bond motifs is 1. The maximum atomic E-state index is 5.91. The van der Waals surface area contributed by atoms with Crippen molar-refractivity contribution in [3.63, 3.8) is 0 Å². The van der Waals surface area contributed by atoms with E-state index in [4.69, 9.17) is 10.2 Å². The highest BCUT2D eigenvalue weighted by Crippen LogP contribution is 2.27. The first-order valence-corrected chi connectivity index (χ1v) is 6.74. The van der Waals surface area contributed by atoms with Crippen LogP contribution >= 0.6 is 0 Å². The Morgan fingerprint density at radius 2 is 1.78 bits per heavy atom. The Hall–Kier alpha value is -1.71. The summed E-state index contributed by atoms with van der Waals surface area (Å²) in [6.45, 7) is 2.07. The number of hydrogen-bond acceptors (Lipinski definition) is 4. The van der Waals surface area contributed by atoms with E-state index in [0.29, 0.717) is 5.69 Å². The molecule has 96 valence electrons. The SMILES string of the molecule is Nc1cccc2oc(N3CCCCCCC3)nc12. The van der Waals surface area contributed by atoms with Crippen molar-refractivity contribution in [2.45, 2.75) is 32.1 Å². The lowest BCUT2D eigenvalue weighted by Crippen LogP contribution is -2.27. The zero-order valence-corrected chi connectivity index (χ0v) is 10.6. The van der Waals surface area contributed by atoms with E-state index in [2.05, 4.69) is 9.88 Å². The lowest BCUT2D eigenvalue weighted by atomic mass is 10.1. The van der Waals surface area contributed by atoms with Crippen LogP contribution in [-0.4, -0.2) is 18.1 Å². The van der Waals surface area contributed by atoms with Crippen molar-refractivity contribution in [3.8, 4) is 0 Å². The standard InChI is InChI=1S/C14H19N3O/c15-11-7-6-8-12-13(11)16-14(18-12)17-9-4-2-1-3-5-10-17/h6-8H,1-5,9-10,15H2. The molecule has 0 bridgehead atoms. The van der Waals surface area contributed by atoms with E-state index in [1.165, 1.54) is 32.1 Å². The van der Waals surface area contributed by atoms with Gasteiger partial charge in [0.25, 0.3) is 6.01 Å². The molecular formula is C14H19N3O. The second kappa shape index (κ2) is 4.88. The first-order chi connectivity index (χ1) is 8.84. The fourth-order valence-corrected chi connectivity index (χ4v) is 2.53. The minimum absolute atomic E-state index is 0.689. The number of rotatable bonds is 1. The Balaban J connectivity index is 1.90. The van der Waals surface area contributed by atoms with E-state index < -0.39 is 0 Å². The Labute approximate surface area is 107 Å². The molecule has 0 amide bonds.